The highest BCUT2D eigenvalue weighted by Gasteiger charge is 2.12. The Bertz CT molecular complexity index is 675. The summed E-state index contributed by atoms with van der Waals surface area (Å²) in [5.74, 6) is 0.165. The lowest BCUT2D eigenvalue weighted by Crippen LogP contribution is -2.20. The summed E-state index contributed by atoms with van der Waals surface area (Å²) in [4.78, 5) is 11.9. The summed E-state index contributed by atoms with van der Waals surface area (Å²) < 4.78 is 5.35. The molecule has 6 heteroatoms. The van der Waals surface area contributed by atoms with E-state index >= 15 is 0 Å². The summed E-state index contributed by atoms with van der Waals surface area (Å²) in [6.45, 7) is 1.67. The highest BCUT2D eigenvalue weighted by atomic mass is 35.5. The highest BCUT2D eigenvalue weighted by molar-refractivity contribution is 6.40. The Hall–Kier alpha value is -1.91. The van der Waals surface area contributed by atoms with E-state index in [2.05, 4.69) is 5.32 Å². The Balaban J connectivity index is 2.01. The molecule has 0 saturated carbocycles. The third-order valence-corrected chi connectivity index (χ3v) is 3.58. The third kappa shape index (κ3) is 4.03. The number of nitrogens with two attached hydrogens (primary N) is 1. The smallest absolute Gasteiger partial charge is 0.262 e. The van der Waals surface area contributed by atoms with Crippen LogP contribution in [-0.4, -0.2) is 12.5 Å². The van der Waals surface area contributed by atoms with Crippen molar-refractivity contribution in [1.82, 2.24) is 0 Å². The molecule has 0 aromatic heterocycles. The fraction of sp³-hybridized carbons (Fsp3) is 0.133. The van der Waals surface area contributed by atoms with Crippen LogP contribution in [0.5, 0.6) is 5.75 Å². The van der Waals surface area contributed by atoms with E-state index in [0.717, 1.165) is 5.56 Å². The van der Waals surface area contributed by atoms with Gasteiger partial charge in [0, 0.05) is 11.8 Å². The number of aryl methyl sites for hydroxylation is 1. The maximum absolute atomic E-state index is 11.9. The number of halogens is 2. The van der Waals surface area contributed by atoms with Gasteiger partial charge in [0.15, 0.2) is 6.61 Å². The van der Waals surface area contributed by atoms with Crippen LogP contribution in [0.25, 0.3) is 0 Å². The molecule has 0 heterocycles. The van der Waals surface area contributed by atoms with E-state index < -0.39 is 0 Å². The van der Waals surface area contributed by atoms with Crippen LogP contribution < -0.4 is 15.8 Å². The lowest BCUT2D eigenvalue weighted by atomic mass is 10.2. The summed E-state index contributed by atoms with van der Waals surface area (Å²) in [7, 11) is 0. The number of ether oxygens (including phenoxy) is 1. The van der Waals surface area contributed by atoms with Crippen LogP contribution in [0.3, 0.4) is 0 Å². The number of benzene rings is 2. The Kier molecular flexibility index (Phi) is 4.94. The predicted octanol–water partition coefficient (Wildman–Crippen LogP) is 3.90. The van der Waals surface area contributed by atoms with Crippen molar-refractivity contribution in [3.63, 3.8) is 0 Å². The Morgan fingerprint density at radius 1 is 1.29 bits per heavy atom. The van der Waals surface area contributed by atoms with Crippen molar-refractivity contribution in [2.75, 3.05) is 17.7 Å². The first-order valence-electron chi connectivity index (χ1n) is 6.20. The normalized spacial score (nSPS) is 10.2. The Labute approximate surface area is 132 Å². The summed E-state index contributed by atoms with van der Waals surface area (Å²) in [6, 6.07) is 10.3. The average Bonchev–Trinajstić information content (AvgIpc) is 2.46. The molecule has 21 heavy (non-hydrogen) atoms. The van der Waals surface area contributed by atoms with E-state index in [1.807, 2.05) is 6.92 Å². The fourth-order valence-corrected chi connectivity index (χ4v) is 2.17. The predicted molar refractivity (Wildman–Crippen MR) is 86.2 cm³/mol. The lowest BCUT2D eigenvalue weighted by Gasteiger charge is -2.12. The molecule has 0 aliphatic heterocycles. The van der Waals surface area contributed by atoms with Crippen LogP contribution in [0, 0.1) is 6.92 Å². The molecule has 0 fully saturated rings. The second kappa shape index (κ2) is 6.70. The standard InChI is InChI=1S/C15H14Cl2N2O2/c1-9-5-6-12(16)15(14(9)17)19-13(20)8-21-11-4-2-3-10(18)7-11/h2-7H,8,18H2,1H3,(H,19,20). The fourth-order valence-electron chi connectivity index (χ4n) is 1.70. The summed E-state index contributed by atoms with van der Waals surface area (Å²) in [5.41, 5.74) is 7.41. The zero-order valence-electron chi connectivity index (χ0n) is 11.3. The van der Waals surface area contributed by atoms with Crippen LogP contribution in [0.4, 0.5) is 11.4 Å². The average molecular weight is 325 g/mol. The molecule has 0 atom stereocenters. The van der Waals surface area contributed by atoms with Gasteiger partial charge in [-0.25, -0.2) is 0 Å². The first-order chi connectivity index (χ1) is 9.97. The van der Waals surface area contributed by atoms with Crippen molar-refractivity contribution in [1.29, 1.82) is 0 Å². The van der Waals surface area contributed by atoms with Gasteiger partial charge in [0.05, 0.1) is 15.7 Å². The molecule has 0 saturated heterocycles. The van der Waals surface area contributed by atoms with Gasteiger partial charge in [0.2, 0.25) is 0 Å². The SMILES string of the molecule is Cc1ccc(Cl)c(NC(=O)COc2cccc(N)c2)c1Cl. The molecule has 0 radical (unpaired) electrons. The van der Waals surface area contributed by atoms with Crippen LogP contribution >= 0.6 is 23.2 Å². The van der Waals surface area contributed by atoms with Gasteiger partial charge in [-0.1, -0.05) is 35.3 Å². The zero-order valence-corrected chi connectivity index (χ0v) is 12.8. The number of anilines is 2. The molecule has 0 aliphatic rings. The molecule has 0 spiro atoms. The van der Waals surface area contributed by atoms with Crippen molar-refractivity contribution in [3.05, 3.63) is 52.0 Å². The maximum atomic E-state index is 11.9. The van der Waals surface area contributed by atoms with Gasteiger partial charge in [-0.2, -0.15) is 0 Å². The van der Waals surface area contributed by atoms with Gasteiger partial charge in [-0.05, 0) is 30.7 Å². The first-order valence-corrected chi connectivity index (χ1v) is 6.96. The number of hydrogen-bond donors (Lipinski definition) is 2. The van der Waals surface area contributed by atoms with Crippen molar-refractivity contribution in [3.8, 4) is 5.75 Å². The first kappa shape index (κ1) is 15.5. The minimum atomic E-state index is -0.355. The van der Waals surface area contributed by atoms with E-state index in [1.165, 1.54) is 0 Å². The van der Waals surface area contributed by atoms with Crippen molar-refractivity contribution in [2.24, 2.45) is 0 Å². The number of nitrogen functional groups attached to an aromatic ring is 1. The van der Waals surface area contributed by atoms with Gasteiger partial charge in [-0.15, -0.1) is 0 Å². The Morgan fingerprint density at radius 2 is 2.05 bits per heavy atom. The molecule has 110 valence electrons. The highest BCUT2D eigenvalue weighted by Crippen LogP contribution is 2.32. The molecule has 0 aliphatic carbocycles. The summed E-state index contributed by atoms with van der Waals surface area (Å²) in [6.07, 6.45) is 0. The van der Waals surface area contributed by atoms with Crippen LogP contribution in [0.2, 0.25) is 10.0 Å². The van der Waals surface area contributed by atoms with Crippen LogP contribution in [0.1, 0.15) is 5.56 Å². The zero-order chi connectivity index (χ0) is 15.4. The molecule has 2 aromatic carbocycles. The lowest BCUT2D eigenvalue weighted by molar-refractivity contribution is -0.118. The van der Waals surface area contributed by atoms with E-state index in [4.69, 9.17) is 33.7 Å². The Morgan fingerprint density at radius 3 is 2.76 bits per heavy atom. The molecule has 4 nitrogen and oxygen atoms in total. The third-order valence-electron chi connectivity index (χ3n) is 2.78. The molecule has 2 aromatic rings. The summed E-state index contributed by atoms with van der Waals surface area (Å²) in [5, 5.41) is 3.44. The van der Waals surface area contributed by atoms with Crippen LogP contribution in [-0.2, 0) is 4.79 Å². The minimum absolute atomic E-state index is 0.163. The molecule has 0 bridgehead atoms. The maximum Gasteiger partial charge on any atom is 0.262 e. The summed E-state index contributed by atoms with van der Waals surface area (Å²) >= 11 is 12.2. The number of amides is 1. The molecule has 1 amide bonds. The quantitative estimate of drug-likeness (QED) is 0.838. The largest absolute Gasteiger partial charge is 0.484 e. The molecule has 3 N–H and O–H groups in total. The van der Waals surface area contributed by atoms with Gasteiger partial charge < -0.3 is 15.8 Å². The van der Waals surface area contributed by atoms with E-state index in [9.17, 15) is 4.79 Å². The van der Waals surface area contributed by atoms with Crippen molar-refractivity contribution < 1.29 is 9.53 Å². The van der Waals surface area contributed by atoms with E-state index in [1.54, 1.807) is 36.4 Å². The van der Waals surface area contributed by atoms with Crippen molar-refractivity contribution in [2.45, 2.75) is 6.92 Å². The molecule has 0 unspecified atom stereocenters. The number of rotatable bonds is 4. The molecule has 2 rings (SSSR count). The van der Waals surface area contributed by atoms with Gasteiger partial charge in [0.1, 0.15) is 5.75 Å². The minimum Gasteiger partial charge on any atom is -0.484 e. The van der Waals surface area contributed by atoms with E-state index in [0.29, 0.717) is 27.2 Å². The second-order valence-electron chi connectivity index (χ2n) is 4.46. The van der Waals surface area contributed by atoms with Crippen LogP contribution in [0.15, 0.2) is 36.4 Å². The van der Waals surface area contributed by atoms with Gasteiger partial charge in [-0.3, -0.25) is 4.79 Å². The number of carbonyl (C=O) groups excluding carboxylic acids is 1. The monoisotopic (exact) mass is 324 g/mol. The van der Waals surface area contributed by atoms with Gasteiger partial charge in [0.25, 0.3) is 5.91 Å². The number of hydrogen-bond acceptors (Lipinski definition) is 3. The number of nitrogens with one attached hydrogen (secondary N) is 1. The molecular formula is C15H14Cl2N2O2. The van der Waals surface area contributed by atoms with Gasteiger partial charge >= 0.3 is 0 Å². The van der Waals surface area contributed by atoms with E-state index in [-0.39, 0.29) is 12.5 Å². The topological polar surface area (TPSA) is 64.3 Å². The molecular weight excluding hydrogens is 311 g/mol. The number of carbonyl (C=O) groups is 1. The van der Waals surface area contributed by atoms with Crippen molar-refractivity contribution >= 4 is 40.5 Å². The second-order valence-corrected chi connectivity index (χ2v) is 5.25.